The second kappa shape index (κ2) is 5.08. The Bertz CT molecular complexity index is 556. The first-order chi connectivity index (χ1) is 9.28. The fraction of sp³-hybridized carbons (Fsp3) is 0.667. The van der Waals surface area contributed by atoms with Crippen molar-refractivity contribution in [2.24, 2.45) is 5.73 Å². The zero-order valence-corrected chi connectivity index (χ0v) is 11.2. The summed E-state index contributed by atoms with van der Waals surface area (Å²) in [6.45, 7) is 3.66. The largest absolute Gasteiger partial charge is 0.323 e. The van der Waals surface area contributed by atoms with Crippen LogP contribution in [-0.2, 0) is 19.5 Å². The van der Waals surface area contributed by atoms with E-state index < -0.39 is 0 Å². The lowest BCUT2D eigenvalue weighted by molar-refractivity contribution is 0.493. The van der Waals surface area contributed by atoms with Gasteiger partial charge in [-0.25, -0.2) is 4.68 Å². The predicted octanol–water partition coefficient (Wildman–Crippen LogP) is 0.664. The number of nitrogens with two attached hydrogens (primary N) is 1. The Morgan fingerprint density at radius 3 is 3.05 bits per heavy atom. The van der Waals surface area contributed by atoms with Crippen LogP contribution in [0.25, 0.3) is 0 Å². The quantitative estimate of drug-likeness (QED) is 0.873. The van der Waals surface area contributed by atoms with Crippen LogP contribution in [0, 0.1) is 0 Å². The molecule has 0 saturated heterocycles. The second-order valence-corrected chi connectivity index (χ2v) is 5.00. The van der Waals surface area contributed by atoms with Crippen molar-refractivity contribution in [3.05, 3.63) is 23.5 Å². The third kappa shape index (κ3) is 2.37. The van der Waals surface area contributed by atoms with Crippen molar-refractivity contribution in [1.82, 2.24) is 29.8 Å². The number of nitrogens with zero attached hydrogens (tertiary/aromatic N) is 6. The zero-order chi connectivity index (χ0) is 13.2. The number of aryl methyl sites for hydroxylation is 1. The van der Waals surface area contributed by atoms with Crippen LogP contribution >= 0.6 is 0 Å². The normalized spacial score (nSPS) is 16.3. The number of fused-ring (bicyclic) bond motifs is 1. The van der Waals surface area contributed by atoms with Crippen molar-refractivity contribution in [3.8, 4) is 0 Å². The van der Waals surface area contributed by atoms with Crippen LogP contribution in [0.1, 0.15) is 49.6 Å². The summed E-state index contributed by atoms with van der Waals surface area (Å²) in [5.74, 6) is 2.04. The summed E-state index contributed by atoms with van der Waals surface area (Å²) in [6.07, 6.45) is 6.19. The molecule has 0 fully saturated rings. The lowest BCUT2D eigenvalue weighted by Crippen LogP contribution is -2.15. The Labute approximate surface area is 111 Å². The molecular formula is C12H19N7. The fourth-order valence-electron chi connectivity index (χ4n) is 2.40. The molecular weight excluding hydrogens is 242 g/mol. The molecule has 3 rings (SSSR count). The molecule has 1 aliphatic heterocycles. The molecule has 0 spiro atoms. The molecule has 1 atom stereocenters. The van der Waals surface area contributed by atoms with Gasteiger partial charge in [0.1, 0.15) is 12.4 Å². The van der Waals surface area contributed by atoms with Crippen LogP contribution in [-0.4, -0.2) is 29.8 Å². The van der Waals surface area contributed by atoms with Gasteiger partial charge in [-0.1, -0.05) is 12.1 Å². The minimum atomic E-state index is -0.0407. The Kier molecular flexibility index (Phi) is 3.29. The number of hydrogen-bond donors (Lipinski definition) is 1. The highest BCUT2D eigenvalue weighted by Crippen LogP contribution is 2.15. The Hall–Kier alpha value is -1.76. The molecule has 0 amide bonds. The lowest BCUT2D eigenvalue weighted by Gasteiger charge is -2.14. The van der Waals surface area contributed by atoms with Crippen molar-refractivity contribution in [1.29, 1.82) is 0 Å². The summed E-state index contributed by atoms with van der Waals surface area (Å²) in [4.78, 5) is 0. The highest BCUT2D eigenvalue weighted by atomic mass is 15.4. The van der Waals surface area contributed by atoms with Gasteiger partial charge in [-0.2, -0.15) is 0 Å². The first kappa shape index (κ1) is 12.3. The first-order valence-corrected chi connectivity index (χ1v) is 6.84. The van der Waals surface area contributed by atoms with Crippen molar-refractivity contribution in [3.63, 3.8) is 0 Å². The monoisotopic (exact) mass is 261 g/mol. The Morgan fingerprint density at radius 1 is 1.32 bits per heavy atom. The lowest BCUT2D eigenvalue weighted by atomic mass is 10.2. The smallest absolute Gasteiger partial charge is 0.154 e. The maximum atomic E-state index is 5.94. The van der Waals surface area contributed by atoms with E-state index in [0.29, 0.717) is 6.54 Å². The van der Waals surface area contributed by atoms with E-state index in [-0.39, 0.29) is 6.04 Å². The standard InChI is InChI=1S/C12H19N7/c1-2-9(13)10-7-18(17-14-10)8-12-16-15-11-5-3-4-6-19(11)12/h7,9H,2-6,8,13H2,1H3. The van der Waals surface area contributed by atoms with Crippen LogP contribution in [0.2, 0.25) is 0 Å². The Morgan fingerprint density at radius 2 is 2.21 bits per heavy atom. The van der Waals surface area contributed by atoms with E-state index in [4.69, 9.17) is 5.73 Å². The molecule has 0 saturated carbocycles. The summed E-state index contributed by atoms with van der Waals surface area (Å²) >= 11 is 0. The van der Waals surface area contributed by atoms with E-state index in [1.54, 1.807) is 4.68 Å². The van der Waals surface area contributed by atoms with Crippen LogP contribution in [0.3, 0.4) is 0 Å². The summed E-state index contributed by atoms with van der Waals surface area (Å²) in [6, 6.07) is -0.0407. The minimum absolute atomic E-state index is 0.0407. The number of hydrogen-bond acceptors (Lipinski definition) is 5. The molecule has 2 aromatic rings. The van der Waals surface area contributed by atoms with Gasteiger partial charge in [0.25, 0.3) is 0 Å². The van der Waals surface area contributed by atoms with Gasteiger partial charge in [0.2, 0.25) is 0 Å². The van der Waals surface area contributed by atoms with Crippen LogP contribution < -0.4 is 5.73 Å². The van der Waals surface area contributed by atoms with E-state index in [1.165, 1.54) is 12.8 Å². The second-order valence-electron chi connectivity index (χ2n) is 5.00. The van der Waals surface area contributed by atoms with Gasteiger partial charge in [0.15, 0.2) is 5.82 Å². The summed E-state index contributed by atoms with van der Waals surface area (Å²) < 4.78 is 3.99. The molecule has 1 aliphatic rings. The molecule has 0 aromatic carbocycles. The summed E-state index contributed by atoms with van der Waals surface area (Å²) in [5.41, 5.74) is 6.78. The average Bonchev–Trinajstić information content (AvgIpc) is 3.06. The van der Waals surface area contributed by atoms with E-state index in [1.807, 2.05) is 13.1 Å². The predicted molar refractivity (Wildman–Crippen MR) is 69.3 cm³/mol. The van der Waals surface area contributed by atoms with Crippen molar-refractivity contribution < 1.29 is 0 Å². The van der Waals surface area contributed by atoms with Gasteiger partial charge in [-0.15, -0.1) is 15.3 Å². The molecule has 2 N–H and O–H groups in total. The van der Waals surface area contributed by atoms with Crippen molar-refractivity contribution >= 4 is 0 Å². The average molecular weight is 261 g/mol. The van der Waals surface area contributed by atoms with Gasteiger partial charge >= 0.3 is 0 Å². The topological polar surface area (TPSA) is 87.4 Å². The minimum Gasteiger partial charge on any atom is -0.323 e. The van der Waals surface area contributed by atoms with Crippen LogP contribution in [0.4, 0.5) is 0 Å². The maximum Gasteiger partial charge on any atom is 0.154 e. The zero-order valence-electron chi connectivity index (χ0n) is 11.2. The highest BCUT2D eigenvalue weighted by molar-refractivity contribution is 5.02. The van der Waals surface area contributed by atoms with Gasteiger partial charge in [0, 0.05) is 13.0 Å². The molecule has 7 heteroatoms. The number of aromatic nitrogens is 6. The van der Waals surface area contributed by atoms with Gasteiger partial charge < -0.3 is 10.3 Å². The van der Waals surface area contributed by atoms with Gasteiger partial charge in [-0.05, 0) is 19.3 Å². The third-order valence-electron chi connectivity index (χ3n) is 3.62. The third-order valence-corrected chi connectivity index (χ3v) is 3.62. The summed E-state index contributed by atoms with van der Waals surface area (Å²) in [5, 5.41) is 16.7. The number of rotatable bonds is 4. The van der Waals surface area contributed by atoms with E-state index in [0.717, 1.165) is 36.7 Å². The van der Waals surface area contributed by atoms with Gasteiger partial charge in [-0.3, -0.25) is 0 Å². The van der Waals surface area contributed by atoms with Gasteiger partial charge in [0.05, 0.1) is 17.9 Å². The Balaban J connectivity index is 1.78. The maximum absolute atomic E-state index is 5.94. The summed E-state index contributed by atoms with van der Waals surface area (Å²) in [7, 11) is 0. The molecule has 0 aliphatic carbocycles. The van der Waals surface area contributed by atoms with Crippen LogP contribution in [0.5, 0.6) is 0 Å². The van der Waals surface area contributed by atoms with E-state index >= 15 is 0 Å². The van der Waals surface area contributed by atoms with Crippen LogP contribution in [0.15, 0.2) is 6.20 Å². The molecule has 19 heavy (non-hydrogen) atoms. The molecule has 102 valence electrons. The molecule has 0 radical (unpaired) electrons. The molecule has 2 aromatic heterocycles. The molecule has 7 nitrogen and oxygen atoms in total. The molecule has 3 heterocycles. The van der Waals surface area contributed by atoms with Crippen molar-refractivity contribution in [2.75, 3.05) is 0 Å². The SMILES string of the molecule is CCC(N)c1cn(Cc2nnc3n2CCCC3)nn1. The first-order valence-electron chi connectivity index (χ1n) is 6.84. The fourth-order valence-corrected chi connectivity index (χ4v) is 2.40. The van der Waals surface area contributed by atoms with Crippen molar-refractivity contribution in [2.45, 2.75) is 51.7 Å². The van der Waals surface area contributed by atoms with E-state index in [9.17, 15) is 0 Å². The van der Waals surface area contributed by atoms with E-state index in [2.05, 4.69) is 25.1 Å². The highest BCUT2D eigenvalue weighted by Gasteiger charge is 2.16. The molecule has 0 bridgehead atoms. The molecule has 1 unspecified atom stereocenters.